The van der Waals surface area contributed by atoms with Gasteiger partial charge in [-0.05, 0) is 67.6 Å². The number of anilines is 1. The molecule has 0 saturated heterocycles. The largest absolute Gasteiger partial charge is 0.355 e. The Labute approximate surface area is 268 Å². The minimum Gasteiger partial charge on any atom is -0.355 e. The first kappa shape index (κ1) is 33.5. The first-order chi connectivity index (χ1) is 21.5. The van der Waals surface area contributed by atoms with E-state index in [4.69, 9.17) is 0 Å². The van der Waals surface area contributed by atoms with Gasteiger partial charge in [-0.3, -0.25) is 13.9 Å². The van der Waals surface area contributed by atoms with E-state index in [0.717, 1.165) is 32.1 Å². The Kier molecular flexibility index (Phi) is 11.2. The number of nitrogens with zero attached hydrogens (tertiary/aromatic N) is 2. The molecule has 45 heavy (non-hydrogen) atoms. The van der Waals surface area contributed by atoms with Crippen LogP contribution < -0.4 is 9.62 Å². The molecule has 2 amide bonds. The summed E-state index contributed by atoms with van der Waals surface area (Å²) in [5.74, 6) is -0.522. The van der Waals surface area contributed by atoms with Crippen LogP contribution in [0.3, 0.4) is 0 Å². The molecule has 236 valence electrons. The molecule has 0 aliphatic carbocycles. The number of carbonyl (C=O) groups is 2. The molecule has 0 aliphatic heterocycles. The highest BCUT2D eigenvalue weighted by atomic mass is 32.2. The predicted octanol–water partition coefficient (Wildman–Crippen LogP) is 6.40. The van der Waals surface area contributed by atoms with Gasteiger partial charge in [0.2, 0.25) is 11.8 Å². The maximum Gasteiger partial charge on any atom is 0.264 e. The van der Waals surface area contributed by atoms with Crippen LogP contribution in [0.25, 0.3) is 0 Å². The molecular formula is C37H43N3O4S. The molecule has 0 aromatic heterocycles. The normalized spacial score (nSPS) is 12.0. The van der Waals surface area contributed by atoms with E-state index in [1.807, 2.05) is 87.5 Å². The molecule has 0 saturated carbocycles. The zero-order valence-electron chi connectivity index (χ0n) is 26.7. The van der Waals surface area contributed by atoms with E-state index < -0.39 is 28.5 Å². The fourth-order valence-electron chi connectivity index (χ4n) is 5.13. The summed E-state index contributed by atoms with van der Waals surface area (Å²) in [5.41, 5.74) is 5.16. The summed E-state index contributed by atoms with van der Waals surface area (Å²) in [5, 5.41) is 2.89. The molecular weight excluding hydrogens is 582 g/mol. The predicted molar refractivity (Wildman–Crippen MR) is 181 cm³/mol. The lowest BCUT2D eigenvalue weighted by molar-refractivity contribution is -0.140. The second kappa shape index (κ2) is 15.0. The summed E-state index contributed by atoms with van der Waals surface area (Å²) in [7, 11) is -4.14. The van der Waals surface area contributed by atoms with E-state index in [1.165, 1.54) is 4.90 Å². The van der Waals surface area contributed by atoms with Crippen LogP contribution in [0, 0.1) is 13.8 Å². The van der Waals surface area contributed by atoms with Crippen molar-refractivity contribution >= 4 is 27.5 Å². The zero-order valence-corrected chi connectivity index (χ0v) is 27.6. The number of carbonyl (C=O) groups excluding carboxylic acids is 2. The van der Waals surface area contributed by atoms with Crippen LogP contribution >= 0.6 is 0 Å². The highest BCUT2D eigenvalue weighted by Crippen LogP contribution is 2.27. The molecule has 0 radical (unpaired) electrons. The molecule has 1 atom stereocenters. The fraction of sp³-hybridized carbons (Fsp3) is 0.297. The fourth-order valence-corrected chi connectivity index (χ4v) is 6.54. The maximum atomic E-state index is 14.5. The summed E-state index contributed by atoms with van der Waals surface area (Å²) < 4.78 is 29.5. The maximum absolute atomic E-state index is 14.5. The van der Waals surface area contributed by atoms with Gasteiger partial charge in [-0.25, -0.2) is 8.42 Å². The average Bonchev–Trinajstić information content (AvgIpc) is 3.03. The molecule has 0 fully saturated rings. The van der Waals surface area contributed by atoms with Crippen LogP contribution in [-0.2, 0) is 32.6 Å². The van der Waals surface area contributed by atoms with Crippen LogP contribution in [0.1, 0.15) is 54.5 Å². The lowest BCUT2D eigenvalue weighted by Gasteiger charge is -2.34. The molecule has 0 spiro atoms. The van der Waals surface area contributed by atoms with E-state index >= 15 is 0 Å². The summed E-state index contributed by atoms with van der Waals surface area (Å²) >= 11 is 0. The van der Waals surface area contributed by atoms with Gasteiger partial charge in [0, 0.05) is 19.5 Å². The number of nitrogens with one attached hydrogen (secondary N) is 1. The molecule has 0 heterocycles. The van der Waals surface area contributed by atoms with Gasteiger partial charge in [-0.15, -0.1) is 0 Å². The highest BCUT2D eigenvalue weighted by Gasteiger charge is 2.34. The van der Waals surface area contributed by atoms with E-state index in [1.54, 1.807) is 36.4 Å². The zero-order chi connectivity index (χ0) is 32.6. The summed E-state index contributed by atoms with van der Waals surface area (Å²) in [6.07, 6.45) is 0.276. The van der Waals surface area contributed by atoms with Gasteiger partial charge in [0.05, 0.1) is 10.6 Å². The third kappa shape index (κ3) is 8.60. The number of aryl methyl sites for hydroxylation is 2. The number of amides is 2. The van der Waals surface area contributed by atoms with Crippen LogP contribution in [0.2, 0.25) is 0 Å². The Morgan fingerprint density at radius 1 is 0.756 bits per heavy atom. The van der Waals surface area contributed by atoms with Crippen LogP contribution in [-0.4, -0.2) is 44.3 Å². The summed E-state index contributed by atoms with van der Waals surface area (Å²) in [6, 6.07) is 30.3. The van der Waals surface area contributed by atoms with Crippen molar-refractivity contribution in [2.24, 2.45) is 0 Å². The summed E-state index contributed by atoms with van der Waals surface area (Å²) in [4.78, 5) is 29.7. The van der Waals surface area contributed by atoms with Crippen molar-refractivity contribution in [1.29, 1.82) is 0 Å². The second-order valence-corrected chi connectivity index (χ2v) is 13.5. The smallest absolute Gasteiger partial charge is 0.264 e. The quantitative estimate of drug-likeness (QED) is 0.186. The number of sulfonamides is 1. The van der Waals surface area contributed by atoms with Crippen molar-refractivity contribution in [3.05, 3.63) is 131 Å². The van der Waals surface area contributed by atoms with Gasteiger partial charge < -0.3 is 10.2 Å². The SMILES string of the molecule is CCNC(=O)C(Cc1ccccc1)N(Cc1ccc(C)cc1)C(=O)CN(c1ccc(C(C)C)cc1)S(=O)(=O)c1ccc(C)cc1. The molecule has 1 N–H and O–H groups in total. The van der Waals surface area contributed by atoms with Crippen molar-refractivity contribution < 1.29 is 18.0 Å². The van der Waals surface area contributed by atoms with Gasteiger partial charge in [0.25, 0.3) is 10.0 Å². The molecule has 7 nitrogen and oxygen atoms in total. The monoisotopic (exact) mass is 625 g/mol. The van der Waals surface area contributed by atoms with Crippen molar-refractivity contribution in [3.8, 4) is 0 Å². The van der Waals surface area contributed by atoms with Gasteiger partial charge in [0.1, 0.15) is 12.6 Å². The number of hydrogen-bond donors (Lipinski definition) is 1. The van der Waals surface area contributed by atoms with Crippen LogP contribution in [0.15, 0.2) is 108 Å². The van der Waals surface area contributed by atoms with Gasteiger partial charge >= 0.3 is 0 Å². The minimum absolute atomic E-state index is 0.0866. The van der Waals surface area contributed by atoms with Crippen LogP contribution in [0.4, 0.5) is 5.69 Å². The Morgan fingerprint density at radius 3 is 1.89 bits per heavy atom. The number of rotatable bonds is 13. The summed E-state index contributed by atoms with van der Waals surface area (Å²) in [6.45, 7) is 9.89. The van der Waals surface area contributed by atoms with E-state index in [-0.39, 0.29) is 29.7 Å². The van der Waals surface area contributed by atoms with Gasteiger partial charge in [0.15, 0.2) is 0 Å². The van der Waals surface area contributed by atoms with Gasteiger partial charge in [-0.1, -0.05) is 104 Å². The molecule has 1 unspecified atom stereocenters. The Balaban J connectivity index is 1.80. The van der Waals surface area contributed by atoms with Crippen molar-refractivity contribution in [3.63, 3.8) is 0 Å². The van der Waals surface area contributed by atoms with E-state index in [2.05, 4.69) is 19.2 Å². The van der Waals surface area contributed by atoms with Crippen molar-refractivity contribution in [2.75, 3.05) is 17.4 Å². The lowest BCUT2D eigenvalue weighted by Crippen LogP contribution is -2.53. The average molecular weight is 626 g/mol. The number of hydrogen-bond acceptors (Lipinski definition) is 4. The molecule has 8 heteroatoms. The molecule has 4 aromatic rings. The van der Waals surface area contributed by atoms with E-state index in [9.17, 15) is 18.0 Å². The first-order valence-corrected chi connectivity index (χ1v) is 16.8. The molecule has 0 aliphatic rings. The van der Waals surface area contributed by atoms with Crippen molar-refractivity contribution in [1.82, 2.24) is 10.2 Å². The Hall–Kier alpha value is -4.43. The van der Waals surface area contributed by atoms with Crippen LogP contribution in [0.5, 0.6) is 0 Å². The topological polar surface area (TPSA) is 86.8 Å². The second-order valence-electron chi connectivity index (χ2n) is 11.7. The minimum atomic E-state index is -4.14. The van der Waals surface area contributed by atoms with E-state index in [0.29, 0.717) is 12.2 Å². The number of likely N-dealkylation sites (N-methyl/N-ethyl adjacent to an activating group) is 1. The standard InChI is InChI=1S/C37H43N3O4S/c1-6-38-37(42)35(24-30-10-8-7-9-11-30)39(25-31-16-12-28(4)13-17-31)36(41)26-40(33-20-18-32(19-21-33)27(2)3)45(43,44)34-22-14-29(5)15-23-34/h7-23,27,35H,6,24-26H2,1-5H3,(H,38,42). The van der Waals surface area contributed by atoms with Crippen molar-refractivity contribution in [2.45, 2.75) is 64.4 Å². The lowest BCUT2D eigenvalue weighted by atomic mass is 10.0. The first-order valence-electron chi connectivity index (χ1n) is 15.4. The molecule has 4 rings (SSSR count). The highest BCUT2D eigenvalue weighted by molar-refractivity contribution is 7.92. The molecule has 0 bridgehead atoms. The van der Waals surface area contributed by atoms with Gasteiger partial charge in [-0.2, -0.15) is 0 Å². The Bertz CT molecular complexity index is 1670. The molecule has 4 aromatic carbocycles. The third-order valence-electron chi connectivity index (χ3n) is 7.83. The Morgan fingerprint density at radius 2 is 1.33 bits per heavy atom. The third-order valence-corrected chi connectivity index (χ3v) is 9.62. The number of benzene rings is 4.